The topological polar surface area (TPSA) is 37.3 Å². The first-order chi connectivity index (χ1) is 8.73. The lowest BCUT2D eigenvalue weighted by molar-refractivity contribution is -0.112. The summed E-state index contributed by atoms with van der Waals surface area (Å²) in [5.74, 6) is -0.308. The molecule has 7 heteroatoms. The van der Waals surface area contributed by atoms with Gasteiger partial charge in [-0.25, -0.2) is 0 Å². The van der Waals surface area contributed by atoms with Crippen LogP contribution in [0.15, 0.2) is 24.8 Å². The third kappa shape index (κ3) is 5.64. The fraction of sp³-hybridized carbons (Fsp3) is 0.0833. The lowest BCUT2D eigenvalue weighted by atomic mass is 10.3. The molecule has 0 atom stereocenters. The van der Waals surface area contributed by atoms with Crippen LogP contribution in [-0.2, 0) is 4.79 Å². The Labute approximate surface area is 136 Å². The molecule has 0 aromatic heterocycles. The van der Waals surface area contributed by atoms with E-state index in [4.69, 9.17) is 58.0 Å². The highest BCUT2D eigenvalue weighted by atomic mass is 35.5. The highest BCUT2D eigenvalue weighted by Gasteiger charge is 2.18. The summed E-state index contributed by atoms with van der Waals surface area (Å²) in [6.45, 7) is 4.89. The van der Waals surface area contributed by atoms with E-state index < -0.39 is 0 Å². The van der Waals surface area contributed by atoms with Gasteiger partial charge in [-0.05, 0) is 13.0 Å². The molecule has 1 aromatic rings. The van der Waals surface area contributed by atoms with E-state index in [2.05, 4.69) is 6.58 Å². The SMILES string of the molecule is C=CC=CC(C)=O.Oc1c(Cl)c(Cl)c(Cl)c(Cl)c1Cl. The summed E-state index contributed by atoms with van der Waals surface area (Å²) in [6, 6.07) is 0. The van der Waals surface area contributed by atoms with Crippen LogP contribution in [0.5, 0.6) is 5.75 Å². The fourth-order valence-electron chi connectivity index (χ4n) is 0.797. The highest BCUT2D eigenvalue weighted by Crippen LogP contribution is 2.47. The quantitative estimate of drug-likeness (QED) is 0.304. The number of carbonyl (C=O) groups is 1. The second-order valence-corrected chi connectivity index (χ2v) is 5.01. The minimum absolute atomic E-state index is 0.00904. The van der Waals surface area contributed by atoms with Crippen molar-refractivity contribution in [3.05, 3.63) is 49.9 Å². The van der Waals surface area contributed by atoms with E-state index in [1.807, 2.05) is 0 Å². The summed E-state index contributed by atoms with van der Waals surface area (Å²) in [4.78, 5) is 10.1. The lowest BCUT2D eigenvalue weighted by Crippen LogP contribution is -1.78. The number of phenolic OH excluding ortho intramolecular Hbond substituents is 1. The van der Waals surface area contributed by atoms with Gasteiger partial charge in [0.05, 0.1) is 15.1 Å². The lowest BCUT2D eigenvalue weighted by Gasteiger charge is -2.06. The normalized spacial score (nSPS) is 10.0. The molecule has 0 fully saturated rings. The molecule has 0 amide bonds. The molecule has 1 N–H and O–H groups in total. The maximum absolute atomic E-state index is 10.1. The number of hydrogen-bond acceptors (Lipinski definition) is 2. The predicted octanol–water partition coefficient (Wildman–Crippen LogP) is 5.98. The Balaban J connectivity index is 0.000000399. The van der Waals surface area contributed by atoms with Crippen LogP contribution in [0, 0.1) is 0 Å². The molecule has 1 rings (SSSR count). The molecule has 0 saturated heterocycles. The van der Waals surface area contributed by atoms with Crippen LogP contribution in [0.2, 0.25) is 25.1 Å². The molecule has 0 bridgehead atoms. The van der Waals surface area contributed by atoms with Gasteiger partial charge in [0, 0.05) is 0 Å². The number of halogens is 5. The first kappa shape index (κ1) is 18.6. The standard InChI is InChI=1S/C6HCl5O.C6H8O/c7-1-2(8)4(10)6(12)5(11)3(1)9;1-3-4-5-6(2)7/h12H;3-5H,1H2,2H3. The number of carbonyl (C=O) groups excluding carboxylic acids is 1. The molecule has 19 heavy (non-hydrogen) atoms. The Bertz CT molecular complexity index is 418. The first-order valence-electron chi connectivity index (χ1n) is 4.74. The van der Waals surface area contributed by atoms with Crippen LogP contribution in [-0.4, -0.2) is 10.9 Å². The van der Waals surface area contributed by atoms with Crippen molar-refractivity contribution in [2.75, 3.05) is 0 Å². The number of phenols is 1. The van der Waals surface area contributed by atoms with E-state index in [-0.39, 0.29) is 36.6 Å². The highest BCUT2D eigenvalue weighted by molar-refractivity contribution is 6.55. The number of rotatable bonds is 2. The van der Waals surface area contributed by atoms with Crippen molar-refractivity contribution in [3.63, 3.8) is 0 Å². The van der Waals surface area contributed by atoms with Gasteiger partial charge in [-0.15, -0.1) is 0 Å². The zero-order chi connectivity index (χ0) is 15.2. The maximum atomic E-state index is 10.1. The average Bonchev–Trinajstić information content (AvgIpc) is 2.39. The van der Waals surface area contributed by atoms with Gasteiger partial charge in [0.1, 0.15) is 10.0 Å². The number of benzene rings is 1. The molecule has 0 heterocycles. The summed E-state index contributed by atoms with van der Waals surface area (Å²) in [7, 11) is 0. The van der Waals surface area contributed by atoms with Crippen LogP contribution in [0.4, 0.5) is 0 Å². The Kier molecular flexibility index (Phi) is 8.55. The fourth-order valence-corrected chi connectivity index (χ4v) is 1.93. The third-order valence-corrected chi connectivity index (χ3v) is 3.91. The minimum Gasteiger partial charge on any atom is -0.505 e. The summed E-state index contributed by atoms with van der Waals surface area (Å²) >= 11 is 27.9. The molecular weight excluding hydrogens is 353 g/mol. The van der Waals surface area contributed by atoms with Crippen molar-refractivity contribution in [2.45, 2.75) is 6.92 Å². The second kappa shape index (κ2) is 8.72. The van der Waals surface area contributed by atoms with Crippen molar-refractivity contribution < 1.29 is 9.90 Å². The van der Waals surface area contributed by atoms with Crippen LogP contribution < -0.4 is 0 Å². The van der Waals surface area contributed by atoms with Gasteiger partial charge in [-0.1, -0.05) is 76.7 Å². The molecule has 0 aliphatic carbocycles. The Morgan fingerprint density at radius 1 is 1.00 bits per heavy atom. The van der Waals surface area contributed by atoms with E-state index in [9.17, 15) is 9.90 Å². The maximum Gasteiger partial charge on any atom is 0.155 e. The predicted molar refractivity (Wildman–Crippen MR) is 83.2 cm³/mol. The monoisotopic (exact) mass is 360 g/mol. The summed E-state index contributed by atoms with van der Waals surface area (Å²) in [6.07, 6.45) is 4.65. The molecule has 0 saturated carbocycles. The molecule has 0 spiro atoms. The number of allylic oxidation sites excluding steroid dienone is 3. The molecule has 2 nitrogen and oxygen atoms in total. The van der Waals surface area contributed by atoms with Crippen LogP contribution >= 0.6 is 58.0 Å². The molecule has 0 aliphatic rings. The number of ketones is 1. The van der Waals surface area contributed by atoms with Gasteiger partial charge in [0.15, 0.2) is 11.5 Å². The summed E-state index contributed by atoms with van der Waals surface area (Å²) in [5.41, 5.74) is 0. The van der Waals surface area contributed by atoms with E-state index in [1.165, 1.54) is 13.0 Å². The van der Waals surface area contributed by atoms with Crippen molar-refractivity contribution in [3.8, 4) is 5.75 Å². The van der Waals surface area contributed by atoms with E-state index in [0.717, 1.165) is 0 Å². The molecule has 0 unspecified atom stereocenters. The van der Waals surface area contributed by atoms with E-state index in [0.29, 0.717) is 0 Å². The smallest absolute Gasteiger partial charge is 0.155 e. The molecule has 0 aliphatic heterocycles. The Morgan fingerprint density at radius 2 is 1.37 bits per heavy atom. The van der Waals surface area contributed by atoms with Crippen molar-refractivity contribution >= 4 is 63.8 Å². The molecule has 104 valence electrons. The zero-order valence-electron chi connectivity index (χ0n) is 9.68. The van der Waals surface area contributed by atoms with Gasteiger partial charge >= 0.3 is 0 Å². The summed E-state index contributed by atoms with van der Waals surface area (Å²) < 4.78 is 0. The number of hydrogen-bond donors (Lipinski definition) is 1. The van der Waals surface area contributed by atoms with Gasteiger partial charge in [0.25, 0.3) is 0 Å². The molecular formula is C12H9Cl5O2. The van der Waals surface area contributed by atoms with Gasteiger partial charge in [0.2, 0.25) is 0 Å². The Morgan fingerprint density at radius 3 is 1.63 bits per heavy atom. The average molecular weight is 362 g/mol. The van der Waals surface area contributed by atoms with Crippen LogP contribution in [0.25, 0.3) is 0 Å². The van der Waals surface area contributed by atoms with Crippen molar-refractivity contribution in [1.29, 1.82) is 0 Å². The Hall–Kier alpha value is -0.380. The first-order valence-corrected chi connectivity index (χ1v) is 6.63. The van der Waals surface area contributed by atoms with Crippen molar-refractivity contribution in [2.24, 2.45) is 0 Å². The molecule has 0 radical (unpaired) electrons. The van der Waals surface area contributed by atoms with Gasteiger partial charge in [-0.2, -0.15) is 0 Å². The largest absolute Gasteiger partial charge is 0.505 e. The molecule has 1 aromatic carbocycles. The third-order valence-electron chi connectivity index (χ3n) is 1.65. The van der Waals surface area contributed by atoms with Crippen LogP contribution in [0.3, 0.4) is 0 Å². The van der Waals surface area contributed by atoms with Gasteiger partial charge in [-0.3, -0.25) is 4.79 Å². The number of aromatic hydroxyl groups is 1. The van der Waals surface area contributed by atoms with Crippen LogP contribution in [0.1, 0.15) is 6.92 Å². The minimum atomic E-state index is -0.363. The summed E-state index contributed by atoms with van der Waals surface area (Å²) in [5, 5.41) is 9.01. The van der Waals surface area contributed by atoms with E-state index >= 15 is 0 Å². The van der Waals surface area contributed by atoms with Crippen molar-refractivity contribution in [1.82, 2.24) is 0 Å². The zero-order valence-corrected chi connectivity index (χ0v) is 13.5. The second-order valence-electron chi connectivity index (χ2n) is 3.12. The van der Waals surface area contributed by atoms with Gasteiger partial charge < -0.3 is 5.11 Å². The van der Waals surface area contributed by atoms with E-state index in [1.54, 1.807) is 12.2 Å².